The number of nitro benzene ring substituents is 1. The fourth-order valence-electron chi connectivity index (χ4n) is 6.41. The molecular weight excluding hydrogens is 844 g/mol. The van der Waals surface area contributed by atoms with Crippen molar-refractivity contribution in [1.29, 1.82) is 0 Å². The third kappa shape index (κ3) is 9.02. The Morgan fingerprint density at radius 2 is 1.52 bits per heavy atom. The number of amides is 1. The fourth-order valence-corrected chi connectivity index (χ4v) is 8.12. The Labute approximate surface area is 347 Å². The third-order valence-electron chi connectivity index (χ3n) is 9.53. The van der Waals surface area contributed by atoms with Gasteiger partial charge in [-0.05, 0) is 83.3 Å². The second-order valence-corrected chi connectivity index (χ2v) is 16.8. The first-order valence-electron chi connectivity index (χ1n) is 18.0. The van der Waals surface area contributed by atoms with Crippen LogP contribution in [0.3, 0.4) is 0 Å². The van der Waals surface area contributed by atoms with Crippen molar-refractivity contribution in [3.05, 3.63) is 187 Å². The van der Waals surface area contributed by atoms with Crippen LogP contribution in [0.1, 0.15) is 32.6 Å². The van der Waals surface area contributed by atoms with E-state index in [0.717, 1.165) is 44.9 Å². The number of pyridine rings is 1. The molecule has 58 heavy (non-hydrogen) atoms. The summed E-state index contributed by atoms with van der Waals surface area (Å²) >= 11 is 9.36. The average Bonchev–Trinajstić information content (AvgIpc) is 3.59. The molecule has 2 aromatic heterocycles. The number of carbonyl (C=O) groups is 2. The summed E-state index contributed by atoms with van der Waals surface area (Å²) in [5.41, 5.74) is 5.74. The summed E-state index contributed by atoms with van der Waals surface area (Å²) in [6.45, 7) is 2.71. The highest BCUT2D eigenvalue weighted by atomic mass is 79.9. The number of hydrogen-bond acceptors (Lipinski definition) is 8. The lowest BCUT2D eigenvalue weighted by Crippen LogP contribution is -2.45. The number of fused-ring (bicyclic) bond motifs is 1. The molecule has 292 valence electrons. The van der Waals surface area contributed by atoms with Gasteiger partial charge in [0.15, 0.2) is 0 Å². The van der Waals surface area contributed by atoms with Crippen molar-refractivity contribution in [2.75, 3.05) is 0 Å². The number of halogens is 2. The van der Waals surface area contributed by atoms with E-state index in [4.69, 9.17) is 16.3 Å². The van der Waals surface area contributed by atoms with Crippen LogP contribution in [-0.4, -0.2) is 40.0 Å². The van der Waals surface area contributed by atoms with E-state index < -0.39 is 42.4 Å². The van der Waals surface area contributed by atoms with E-state index in [9.17, 15) is 28.1 Å². The van der Waals surface area contributed by atoms with Gasteiger partial charge in [0.2, 0.25) is 9.84 Å². The van der Waals surface area contributed by atoms with Crippen LogP contribution < -0.4 is 10.1 Å². The zero-order valence-corrected chi connectivity index (χ0v) is 34.0. The highest BCUT2D eigenvalue weighted by molar-refractivity contribution is 9.10. The Hall–Kier alpha value is -6.15. The van der Waals surface area contributed by atoms with Crippen LogP contribution >= 0.6 is 27.5 Å². The minimum atomic E-state index is -4.88. The van der Waals surface area contributed by atoms with E-state index in [1.54, 1.807) is 48.8 Å². The molecule has 7 aromatic rings. The maximum atomic E-state index is 14.2. The summed E-state index contributed by atoms with van der Waals surface area (Å²) in [5.74, 6) is -0.179. The Bertz CT molecular complexity index is 2760. The standard InChI is InChI=1S/C44H34BrClN4O7S/c1-28-4-12-32(13-5-28)33-14-6-30(7-15-33)25-49-26-38(37-3-2-22-47-42(37)49)43(51)48-40(44(52)58(55,56)36-20-21-39(46)41(24-36)50(53)54)23-29-10-18-35(19-11-29)57-27-31-8-16-34(45)17-9-31/h2-22,24,26,40H,23,25,27H2,1H3,(H,48,51)/t40-/m0/s1. The number of carbonyl (C=O) groups excluding carboxylic acids is 2. The molecule has 0 aliphatic rings. The average molecular weight is 878 g/mol. The van der Waals surface area contributed by atoms with Gasteiger partial charge in [-0.15, -0.1) is 0 Å². The summed E-state index contributed by atoms with van der Waals surface area (Å²) < 4.78 is 36.3. The van der Waals surface area contributed by atoms with Crippen molar-refractivity contribution < 1.29 is 27.7 Å². The first kappa shape index (κ1) is 40.1. The molecule has 0 aliphatic heterocycles. The Morgan fingerprint density at radius 1 is 0.879 bits per heavy atom. The predicted octanol–water partition coefficient (Wildman–Crippen LogP) is 9.30. The van der Waals surface area contributed by atoms with Gasteiger partial charge in [0.05, 0.1) is 15.4 Å². The molecule has 0 bridgehead atoms. The lowest BCUT2D eigenvalue weighted by molar-refractivity contribution is -0.384. The number of nitrogens with one attached hydrogen (secondary N) is 1. The van der Waals surface area contributed by atoms with E-state index in [2.05, 4.69) is 50.5 Å². The highest BCUT2D eigenvalue weighted by Gasteiger charge is 2.36. The topological polar surface area (TPSA) is 150 Å². The number of benzene rings is 5. The minimum Gasteiger partial charge on any atom is -0.489 e. The second-order valence-electron chi connectivity index (χ2n) is 13.6. The van der Waals surface area contributed by atoms with Crippen LogP contribution in [-0.2, 0) is 34.2 Å². The first-order chi connectivity index (χ1) is 27.8. The number of ether oxygens (including phenoxy) is 1. The summed E-state index contributed by atoms with van der Waals surface area (Å²) in [4.78, 5) is 42.9. The van der Waals surface area contributed by atoms with Gasteiger partial charge in [0, 0.05) is 41.3 Å². The molecule has 14 heteroatoms. The molecule has 1 amide bonds. The summed E-state index contributed by atoms with van der Waals surface area (Å²) in [7, 11) is -4.88. The second kappa shape index (κ2) is 17.1. The Kier molecular flexibility index (Phi) is 11.8. The quantitative estimate of drug-likeness (QED) is 0.0890. The van der Waals surface area contributed by atoms with Crippen molar-refractivity contribution in [3.8, 4) is 16.9 Å². The number of aromatic nitrogens is 2. The van der Waals surface area contributed by atoms with Crippen LogP contribution in [0.15, 0.2) is 149 Å². The van der Waals surface area contributed by atoms with Crippen LogP contribution in [0.4, 0.5) is 5.69 Å². The van der Waals surface area contributed by atoms with Crippen molar-refractivity contribution in [2.45, 2.75) is 37.4 Å². The van der Waals surface area contributed by atoms with Crippen LogP contribution in [0.25, 0.3) is 22.2 Å². The lowest BCUT2D eigenvalue weighted by atomic mass is 10.0. The molecule has 1 atom stereocenters. The monoisotopic (exact) mass is 876 g/mol. The van der Waals surface area contributed by atoms with Crippen LogP contribution in [0.2, 0.25) is 5.02 Å². The number of nitrogens with zero attached hydrogens (tertiary/aromatic N) is 3. The fraction of sp³-hybridized carbons (Fsp3) is 0.114. The summed E-state index contributed by atoms with van der Waals surface area (Å²) in [6.07, 6.45) is 3.01. The zero-order chi connectivity index (χ0) is 41.0. The van der Waals surface area contributed by atoms with E-state index in [1.807, 2.05) is 60.0 Å². The summed E-state index contributed by atoms with van der Waals surface area (Å²) in [6, 6.07) is 35.3. The van der Waals surface area contributed by atoms with Gasteiger partial charge in [0.1, 0.15) is 29.1 Å². The van der Waals surface area contributed by atoms with E-state index in [-0.39, 0.29) is 17.0 Å². The van der Waals surface area contributed by atoms with Crippen molar-refractivity contribution in [1.82, 2.24) is 14.9 Å². The summed E-state index contributed by atoms with van der Waals surface area (Å²) in [5, 5.41) is 13.1. The molecular formula is C44H34BrClN4O7S. The molecule has 0 spiro atoms. The molecule has 2 heterocycles. The van der Waals surface area contributed by atoms with Gasteiger partial charge in [-0.2, -0.15) is 0 Å². The van der Waals surface area contributed by atoms with Gasteiger partial charge in [0.25, 0.3) is 16.7 Å². The largest absolute Gasteiger partial charge is 0.489 e. The minimum absolute atomic E-state index is 0.174. The van der Waals surface area contributed by atoms with Gasteiger partial charge < -0.3 is 14.6 Å². The molecule has 0 saturated carbocycles. The van der Waals surface area contributed by atoms with E-state index in [1.165, 1.54) is 5.56 Å². The Balaban J connectivity index is 1.16. The number of sulfone groups is 1. The molecule has 0 aliphatic carbocycles. The highest BCUT2D eigenvalue weighted by Crippen LogP contribution is 2.29. The van der Waals surface area contributed by atoms with Gasteiger partial charge >= 0.3 is 0 Å². The number of hydrogen-bond donors (Lipinski definition) is 1. The SMILES string of the molecule is Cc1ccc(-c2ccc(Cn3cc(C(=O)N[C@@H](Cc4ccc(OCc5ccc(Br)cc5)cc4)C(=O)S(=O)(=O)c4ccc(Cl)c([N+](=O)[O-])c4)c4cccnc43)cc2)cc1. The van der Waals surface area contributed by atoms with Crippen LogP contribution in [0, 0.1) is 17.0 Å². The number of nitro groups is 1. The van der Waals surface area contributed by atoms with Gasteiger partial charge in [-0.25, -0.2) is 13.4 Å². The molecule has 1 N–H and O–H groups in total. The molecule has 11 nitrogen and oxygen atoms in total. The van der Waals surface area contributed by atoms with Crippen LogP contribution in [0.5, 0.6) is 5.75 Å². The van der Waals surface area contributed by atoms with Crippen molar-refractivity contribution >= 4 is 65.1 Å². The molecule has 0 unspecified atom stereocenters. The maximum absolute atomic E-state index is 14.2. The third-order valence-corrected chi connectivity index (χ3v) is 12.1. The Morgan fingerprint density at radius 3 is 2.19 bits per heavy atom. The first-order valence-corrected chi connectivity index (χ1v) is 20.6. The molecule has 5 aromatic carbocycles. The van der Waals surface area contributed by atoms with Crippen molar-refractivity contribution in [3.63, 3.8) is 0 Å². The smallest absolute Gasteiger partial charge is 0.289 e. The number of aryl methyl sites for hydroxylation is 1. The van der Waals surface area contributed by atoms with Crippen molar-refractivity contribution in [2.24, 2.45) is 0 Å². The normalized spacial score (nSPS) is 11.9. The maximum Gasteiger partial charge on any atom is 0.289 e. The van der Waals surface area contributed by atoms with Gasteiger partial charge in [-0.3, -0.25) is 19.7 Å². The zero-order valence-electron chi connectivity index (χ0n) is 30.8. The van der Waals surface area contributed by atoms with E-state index in [0.29, 0.717) is 35.5 Å². The lowest BCUT2D eigenvalue weighted by Gasteiger charge is -2.18. The molecule has 0 radical (unpaired) electrons. The molecule has 0 fully saturated rings. The molecule has 7 rings (SSSR count). The number of rotatable bonds is 13. The van der Waals surface area contributed by atoms with E-state index >= 15 is 0 Å². The van der Waals surface area contributed by atoms with Gasteiger partial charge in [-0.1, -0.05) is 106 Å². The molecule has 0 saturated heterocycles. The predicted molar refractivity (Wildman–Crippen MR) is 226 cm³/mol.